The van der Waals surface area contributed by atoms with Gasteiger partial charge >= 0.3 is 0 Å². The lowest BCUT2D eigenvalue weighted by Gasteiger charge is -2.34. The third kappa shape index (κ3) is 4.38. The van der Waals surface area contributed by atoms with Gasteiger partial charge < -0.3 is 10.2 Å². The summed E-state index contributed by atoms with van der Waals surface area (Å²) in [5.41, 5.74) is 1.35. The zero-order chi connectivity index (χ0) is 18.1. The fourth-order valence-corrected chi connectivity index (χ4v) is 3.71. The van der Waals surface area contributed by atoms with Gasteiger partial charge in [0.2, 0.25) is 11.8 Å². The molecule has 1 N–H and O–H groups in total. The summed E-state index contributed by atoms with van der Waals surface area (Å²) in [5.74, 6) is 0.832. The van der Waals surface area contributed by atoms with E-state index in [-0.39, 0.29) is 29.2 Å². The molecular formula is C19H33N3O2. The number of nitrogens with one attached hydrogen (secondary N) is 1. The first-order chi connectivity index (χ1) is 11.1. The quantitative estimate of drug-likeness (QED) is 0.781. The second-order valence-electron chi connectivity index (χ2n) is 8.39. The number of rotatable bonds is 5. The molecule has 0 bridgehead atoms. The third-order valence-electron chi connectivity index (χ3n) is 5.19. The van der Waals surface area contributed by atoms with Gasteiger partial charge in [-0.1, -0.05) is 25.5 Å². The van der Waals surface area contributed by atoms with Crippen molar-refractivity contribution in [3.8, 4) is 0 Å². The Morgan fingerprint density at radius 3 is 2.25 bits per heavy atom. The van der Waals surface area contributed by atoms with Crippen molar-refractivity contribution in [1.82, 2.24) is 15.1 Å². The number of carbonyl (C=O) groups excluding carboxylic acids is 2. The third-order valence-corrected chi connectivity index (χ3v) is 5.19. The van der Waals surface area contributed by atoms with E-state index in [0.29, 0.717) is 12.5 Å². The molecule has 1 heterocycles. The van der Waals surface area contributed by atoms with Crippen molar-refractivity contribution in [3.63, 3.8) is 0 Å². The Kier molecular flexibility index (Phi) is 5.74. The Morgan fingerprint density at radius 1 is 1.17 bits per heavy atom. The minimum absolute atomic E-state index is 0.0664. The smallest absolute Gasteiger partial charge is 0.234 e. The summed E-state index contributed by atoms with van der Waals surface area (Å²) in [7, 11) is 0. The molecule has 2 fully saturated rings. The molecular weight excluding hydrogens is 302 g/mol. The van der Waals surface area contributed by atoms with Gasteiger partial charge in [-0.15, -0.1) is 0 Å². The van der Waals surface area contributed by atoms with E-state index in [2.05, 4.69) is 44.0 Å². The molecule has 0 spiro atoms. The maximum absolute atomic E-state index is 12.8. The molecule has 1 saturated carbocycles. The van der Waals surface area contributed by atoms with Gasteiger partial charge in [0.1, 0.15) is 0 Å². The Bertz CT molecular complexity index is 513. The molecule has 2 aliphatic rings. The van der Waals surface area contributed by atoms with Crippen LogP contribution in [0.3, 0.4) is 0 Å². The van der Waals surface area contributed by atoms with Crippen LogP contribution in [0.1, 0.15) is 41.5 Å². The van der Waals surface area contributed by atoms with Crippen molar-refractivity contribution in [2.45, 2.75) is 47.6 Å². The number of hydrogen-bond donors (Lipinski definition) is 1. The minimum atomic E-state index is 0.0664. The second-order valence-corrected chi connectivity index (χ2v) is 8.39. The predicted octanol–water partition coefficient (Wildman–Crippen LogP) is 1.89. The number of amides is 2. The molecule has 1 aliphatic heterocycles. The van der Waals surface area contributed by atoms with E-state index in [1.54, 1.807) is 0 Å². The van der Waals surface area contributed by atoms with E-state index in [9.17, 15) is 9.59 Å². The standard InChI is InChI=1S/C19H33N3O2/c1-13(2)11-15-17(19(15,5)6)18(24)22-9-7-21(8-10-22)12-16(23)20-14(3)4/h11,14-15,17H,7-10,12H2,1-6H3,(H,20,23). The van der Waals surface area contributed by atoms with Crippen molar-refractivity contribution in [1.29, 1.82) is 0 Å². The maximum Gasteiger partial charge on any atom is 0.234 e. The molecule has 1 saturated heterocycles. The van der Waals surface area contributed by atoms with Crippen LogP contribution in [0.2, 0.25) is 0 Å². The zero-order valence-corrected chi connectivity index (χ0v) is 16.1. The summed E-state index contributed by atoms with van der Waals surface area (Å²) < 4.78 is 0. The summed E-state index contributed by atoms with van der Waals surface area (Å²) in [6.07, 6.45) is 2.25. The SMILES string of the molecule is CC(C)=CC1C(C(=O)N2CCN(CC(=O)NC(C)C)CC2)C1(C)C. The highest BCUT2D eigenvalue weighted by molar-refractivity contribution is 5.84. The minimum Gasteiger partial charge on any atom is -0.353 e. The van der Waals surface area contributed by atoms with Crippen LogP contribution in [0.25, 0.3) is 0 Å². The summed E-state index contributed by atoms with van der Waals surface area (Å²) >= 11 is 0. The maximum atomic E-state index is 12.8. The average Bonchev–Trinajstić information content (AvgIpc) is 2.98. The number of hydrogen-bond acceptors (Lipinski definition) is 3. The van der Waals surface area contributed by atoms with E-state index < -0.39 is 0 Å². The van der Waals surface area contributed by atoms with Gasteiger partial charge in [-0.25, -0.2) is 0 Å². The Hall–Kier alpha value is -1.36. The van der Waals surface area contributed by atoms with Gasteiger partial charge in [0.15, 0.2) is 0 Å². The first-order valence-corrected chi connectivity index (χ1v) is 9.08. The molecule has 0 radical (unpaired) electrons. The molecule has 2 rings (SSSR count). The van der Waals surface area contributed by atoms with Crippen molar-refractivity contribution in [2.24, 2.45) is 17.3 Å². The van der Waals surface area contributed by atoms with Crippen molar-refractivity contribution in [3.05, 3.63) is 11.6 Å². The first-order valence-electron chi connectivity index (χ1n) is 9.08. The monoisotopic (exact) mass is 335 g/mol. The average molecular weight is 335 g/mol. The summed E-state index contributed by atoms with van der Waals surface area (Å²) in [4.78, 5) is 28.8. The van der Waals surface area contributed by atoms with Crippen molar-refractivity contribution in [2.75, 3.05) is 32.7 Å². The molecule has 2 unspecified atom stereocenters. The van der Waals surface area contributed by atoms with Gasteiger partial charge in [0, 0.05) is 32.2 Å². The van der Waals surface area contributed by atoms with Crippen LogP contribution >= 0.6 is 0 Å². The molecule has 0 aromatic heterocycles. The molecule has 5 heteroatoms. The van der Waals surface area contributed by atoms with E-state index in [1.165, 1.54) is 5.57 Å². The lowest BCUT2D eigenvalue weighted by molar-refractivity contribution is -0.135. The number of piperazine rings is 1. The van der Waals surface area contributed by atoms with Gasteiger partial charge in [-0.2, -0.15) is 0 Å². The van der Waals surface area contributed by atoms with Crippen LogP contribution in [-0.4, -0.2) is 60.4 Å². The topological polar surface area (TPSA) is 52.7 Å². The van der Waals surface area contributed by atoms with Crippen LogP contribution in [0.5, 0.6) is 0 Å². The first kappa shape index (κ1) is 19.0. The van der Waals surface area contributed by atoms with Gasteiger partial charge in [-0.05, 0) is 39.0 Å². The fourth-order valence-electron chi connectivity index (χ4n) is 3.71. The van der Waals surface area contributed by atoms with Crippen LogP contribution < -0.4 is 5.32 Å². The molecule has 5 nitrogen and oxygen atoms in total. The zero-order valence-electron chi connectivity index (χ0n) is 16.1. The highest BCUT2D eigenvalue weighted by atomic mass is 16.2. The lowest BCUT2D eigenvalue weighted by atomic mass is 10.1. The highest BCUT2D eigenvalue weighted by Gasteiger charge is 2.61. The van der Waals surface area contributed by atoms with Crippen LogP contribution in [0.4, 0.5) is 0 Å². The van der Waals surface area contributed by atoms with Crippen LogP contribution in [0, 0.1) is 17.3 Å². The molecule has 136 valence electrons. The van der Waals surface area contributed by atoms with Crippen LogP contribution in [0.15, 0.2) is 11.6 Å². The molecule has 0 aromatic rings. The predicted molar refractivity (Wildman–Crippen MR) is 96.5 cm³/mol. The summed E-state index contributed by atoms with van der Waals surface area (Å²) in [6, 6.07) is 0.171. The summed E-state index contributed by atoms with van der Waals surface area (Å²) in [5, 5.41) is 2.92. The number of nitrogens with zero attached hydrogens (tertiary/aromatic N) is 2. The Morgan fingerprint density at radius 2 is 1.75 bits per heavy atom. The molecule has 2 atom stereocenters. The number of allylic oxidation sites excluding steroid dienone is 2. The van der Waals surface area contributed by atoms with E-state index in [1.807, 2.05) is 18.7 Å². The Balaban J connectivity index is 1.83. The van der Waals surface area contributed by atoms with Crippen molar-refractivity contribution >= 4 is 11.8 Å². The van der Waals surface area contributed by atoms with E-state index in [4.69, 9.17) is 0 Å². The molecule has 1 aliphatic carbocycles. The highest BCUT2D eigenvalue weighted by Crippen LogP contribution is 2.60. The van der Waals surface area contributed by atoms with E-state index >= 15 is 0 Å². The summed E-state index contributed by atoms with van der Waals surface area (Å²) in [6.45, 7) is 15.9. The number of carbonyl (C=O) groups is 2. The van der Waals surface area contributed by atoms with Gasteiger partial charge in [0.25, 0.3) is 0 Å². The molecule has 2 amide bonds. The molecule has 0 aromatic carbocycles. The fraction of sp³-hybridized carbons (Fsp3) is 0.789. The molecule has 24 heavy (non-hydrogen) atoms. The Labute approximate surface area is 146 Å². The van der Waals surface area contributed by atoms with Crippen LogP contribution in [-0.2, 0) is 9.59 Å². The van der Waals surface area contributed by atoms with Gasteiger partial charge in [0.05, 0.1) is 12.5 Å². The second kappa shape index (κ2) is 7.26. The van der Waals surface area contributed by atoms with Crippen molar-refractivity contribution < 1.29 is 9.59 Å². The van der Waals surface area contributed by atoms with E-state index in [0.717, 1.165) is 26.2 Å². The van der Waals surface area contributed by atoms with Gasteiger partial charge in [-0.3, -0.25) is 14.5 Å². The normalized spacial score (nSPS) is 26.2. The lowest BCUT2D eigenvalue weighted by Crippen LogP contribution is -2.52. The largest absolute Gasteiger partial charge is 0.353 e.